The molecule has 2 aliphatic heterocycles. The first-order valence-corrected chi connectivity index (χ1v) is 11.8. The molecule has 1 amide bonds. The first-order chi connectivity index (χ1) is 17.4. The fourth-order valence-corrected chi connectivity index (χ4v) is 4.64. The van der Waals surface area contributed by atoms with E-state index >= 15 is 0 Å². The van der Waals surface area contributed by atoms with E-state index in [1.807, 2.05) is 30.3 Å². The van der Waals surface area contributed by atoms with Gasteiger partial charge in [-0.1, -0.05) is 30.3 Å². The van der Waals surface area contributed by atoms with Crippen LogP contribution >= 0.6 is 11.8 Å². The third-order valence-electron chi connectivity index (χ3n) is 5.35. The van der Waals surface area contributed by atoms with Crippen LogP contribution in [-0.2, 0) is 11.2 Å². The average Bonchev–Trinajstić information content (AvgIpc) is 3.49. The number of aliphatic imine (C=N–C) groups is 1. The molecule has 0 radical (unpaired) electrons. The van der Waals surface area contributed by atoms with E-state index in [0.717, 1.165) is 10.6 Å². The lowest BCUT2D eigenvalue weighted by atomic mass is 10.1. The highest BCUT2D eigenvalue weighted by molar-refractivity contribution is 8.26. The topological polar surface area (TPSA) is 134 Å². The van der Waals surface area contributed by atoms with Crippen LogP contribution < -0.4 is 4.74 Å². The predicted molar refractivity (Wildman–Crippen MR) is 137 cm³/mol. The molecule has 3 aromatic rings. The molecule has 0 aliphatic carbocycles. The fourth-order valence-electron chi connectivity index (χ4n) is 3.72. The van der Waals surface area contributed by atoms with Crippen LogP contribution in [0.4, 0.5) is 5.69 Å². The van der Waals surface area contributed by atoms with Gasteiger partial charge in [0.05, 0.1) is 28.7 Å². The molecule has 2 aromatic carbocycles. The third-order valence-corrected chi connectivity index (χ3v) is 6.26. The zero-order chi connectivity index (χ0) is 25.2. The molecule has 0 saturated carbocycles. The summed E-state index contributed by atoms with van der Waals surface area (Å²) in [6, 6.07) is 17.4. The number of rotatable bonds is 7. The van der Waals surface area contributed by atoms with E-state index in [2.05, 4.69) is 10.1 Å². The van der Waals surface area contributed by atoms with Gasteiger partial charge in [-0.05, 0) is 54.6 Å². The van der Waals surface area contributed by atoms with Crippen LogP contribution in [-0.4, -0.2) is 38.5 Å². The van der Waals surface area contributed by atoms with Crippen molar-refractivity contribution in [3.8, 4) is 17.1 Å². The summed E-state index contributed by atoms with van der Waals surface area (Å²) >= 11 is 1.26. The number of nitro benzene ring substituents is 1. The number of thioether (sulfide) groups is 1. The lowest BCUT2D eigenvalue weighted by molar-refractivity contribution is -0.384. The van der Waals surface area contributed by atoms with Crippen molar-refractivity contribution in [2.75, 3.05) is 6.61 Å². The molecule has 10 nitrogen and oxygen atoms in total. The van der Waals surface area contributed by atoms with Gasteiger partial charge in [-0.2, -0.15) is 15.1 Å². The number of carbonyl (C=O) groups excluding carboxylic acids is 1. The highest BCUT2D eigenvalue weighted by Crippen LogP contribution is 2.35. The maximum Gasteiger partial charge on any atom is 0.284 e. The number of amidine groups is 2. The van der Waals surface area contributed by atoms with E-state index in [1.165, 1.54) is 28.9 Å². The molecule has 36 heavy (non-hydrogen) atoms. The molecule has 0 unspecified atom stereocenters. The van der Waals surface area contributed by atoms with Gasteiger partial charge in [0.15, 0.2) is 5.84 Å². The predicted octanol–water partition coefficient (Wildman–Crippen LogP) is 5.12. The van der Waals surface area contributed by atoms with E-state index in [0.29, 0.717) is 23.9 Å². The van der Waals surface area contributed by atoms with E-state index in [9.17, 15) is 14.9 Å². The first kappa shape index (κ1) is 23.2. The number of hydrazone groups is 1. The summed E-state index contributed by atoms with van der Waals surface area (Å²) in [5, 5.41) is 27.0. The van der Waals surface area contributed by atoms with Gasteiger partial charge in [0, 0.05) is 6.42 Å². The molecule has 11 heteroatoms. The zero-order valence-corrected chi connectivity index (χ0v) is 19.8. The normalized spacial score (nSPS) is 16.1. The molecule has 180 valence electrons. The van der Waals surface area contributed by atoms with Crippen LogP contribution in [0.1, 0.15) is 18.2 Å². The third kappa shape index (κ3) is 4.56. The van der Waals surface area contributed by atoms with E-state index in [1.54, 1.807) is 31.2 Å². The van der Waals surface area contributed by atoms with Gasteiger partial charge in [-0.25, -0.2) is 0 Å². The molecular formula is C25H19N5O5S. The van der Waals surface area contributed by atoms with Gasteiger partial charge < -0.3 is 9.15 Å². The summed E-state index contributed by atoms with van der Waals surface area (Å²) in [5.74, 6) is 0.175. The lowest BCUT2D eigenvalue weighted by Gasteiger charge is -2.19. The maximum absolute atomic E-state index is 12.7. The van der Waals surface area contributed by atoms with Crippen molar-refractivity contribution in [2.45, 2.75) is 13.3 Å². The minimum atomic E-state index is -0.583. The minimum Gasteiger partial charge on any atom is -0.494 e. The van der Waals surface area contributed by atoms with Crippen molar-refractivity contribution in [1.29, 1.82) is 5.41 Å². The Hall–Kier alpha value is -4.51. The quantitative estimate of drug-likeness (QED) is 0.270. The number of carbonyl (C=O) groups is 1. The summed E-state index contributed by atoms with van der Waals surface area (Å²) in [6.07, 6.45) is 1.95. The molecule has 1 aromatic heterocycles. The average molecular weight is 502 g/mol. The fraction of sp³-hybridized carbons (Fsp3) is 0.120. The number of ether oxygens (including phenoxy) is 1. The van der Waals surface area contributed by atoms with E-state index < -0.39 is 10.8 Å². The molecule has 0 atom stereocenters. The van der Waals surface area contributed by atoms with Crippen LogP contribution in [0.15, 0.2) is 80.7 Å². The highest BCUT2D eigenvalue weighted by atomic mass is 32.2. The minimum absolute atomic E-state index is 0.00570. The molecular weight excluding hydrogens is 482 g/mol. The number of nitrogens with zero attached hydrogens (tertiary/aromatic N) is 4. The van der Waals surface area contributed by atoms with Crippen LogP contribution in [0.5, 0.6) is 5.75 Å². The Labute approximate surface area is 209 Å². The first-order valence-electron chi connectivity index (χ1n) is 11.0. The Morgan fingerprint density at radius 1 is 1.19 bits per heavy atom. The van der Waals surface area contributed by atoms with Crippen molar-refractivity contribution in [2.24, 2.45) is 10.1 Å². The summed E-state index contributed by atoms with van der Waals surface area (Å²) in [4.78, 5) is 27.9. The zero-order valence-electron chi connectivity index (χ0n) is 19.0. The van der Waals surface area contributed by atoms with Gasteiger partial charge in [-0.3, -0.25) is 20.3 Å². The summed E-state index contributed by atoms with van der Waals surface area (Å²) in [5.41, 5.74) is 1.17. The van der Waals surface area contributed by atoms with Crippen molar-refractivity contribution >= 4 is 45.5 Å². The Morgan fingerprint density at radius 3 is 2.75 bits per heavy atom. The smallest absolute Gasteiger partial charge is 0.284 e. The van der Waals surface area contributed by atoms with E-state index in [-0.39, 0.29) is 34.2 Å². The Bertz CT molecular complexity index is 1470. The molecule has 0 saturated heterocycles. The van der Waals surface area contributed by atoms with Gasteiger partial charge in [0.2, 0.25) is 5.17 Å². The molecule has 0 fully saturated rings. The summed E-state index contributed by atoms with van der Waals surface area (Å²) in [7, 11) is 0. The molecule has 2 aliphatic rings. The van der Waals surface area contributed by atoms with Crippen molar-refractivity contribution in [3.63, 3.8) is 0 Å². The maximum atomic E-state index is 12.7. The van der Waals surface area contributed by atoms with Crippen LogP contribution in [0.2, 0.25) is 0 Å². The van der Waals surface area contributed by atoms with Crippen molar-refractivity contribution in [3.05, 3.63) is 87.7 Å². The van der Waals surface area contributed by atoms with Crippen molar-refractivity contribution in [1.82, 2.24) is 5.01 Å². The second-order valence-corrected chi connectivity index (χ2v) is 8.79. The Balaban J connectivity index is 1.40. The number of benzene rings is 2. The summed E-state index contributed by atoms with van der Waals surface area (Å²) < 4.78 is 11.1. The van der Waals surface area contributed by atoms with Gasteiger partial charge >= 0.3 is 0 Å². The Kier molecular flexibility index (Phi) is 6.21. The van der Waals surface area contributed by atoms with Gasteiger partial charge in [-0.15, -0.1) is 0 Å². The lowest BCUT2D eigenvalue weighted by Crippen LogP contribution is -2.35. The van der Waals surface area contributed by atoms with Gasteiger partial charge in [0.1, 0.15) is 22.3 Å². The second-order valence-electron chi connectivity index (χ2n) is 7.75. The molecule has 3 heterocycles. The Morgan fingerprint density at radius 2 is 2.00 bits per heavy atom. The highest BCUT2D eigenvalue weighted by Gasteiger charge is 2.35. The largest absolute Gasteiger partial charge is 0.494 e. The molecule has 0 bridgehead atoms. The second kappa shape index (κ2) is 9.62. The van der Waals surface area contributed by atoms with Crippen LogP contribution in [0.3, 0.4) is 0 Å². The molecule has 5 rings (SSSR count). The number of fused-ring (bicyclic) bond motifs is 1. The standard InChI is InChI=1S/C25H19N5O5S/c1-2-34-16-8-10-18(20(14-16)30(32)33)21-11-9-17(35-21)13-19-23(26)29-25(27-24(19)31)36-22(28-29)12-15-6-4-3-5-7-15/h3-11,13-14,26H,2,12H2,1H3/b19-13-,26-23?. The SMILES string of the molecule is CCOc1ccc(-c2ccc(/C=C3/C(=N)N4N=C(Cc5ccccc5)SC4=NC3=O)o2)c([N+](=O)[O-])c1. The number of nitrogens with one attached hydrogen (secondary N) is 1. The van der Waals surface area contributed by atoms with Crippen molar-refractivity contribution < 1.29 is 18.9 Å². The van der Waals surface area contributed by atoms with Crippen LogP contribution in [0, 0.1) is 15.5 Å². The molecule has 1 N–H and O–H groups in total. The summed E-state index contributed by atoms with van der Waals surface area (Å²) in [6.45, 7) is 2.17. The van der Waals surface area contributed by atoms with E-state index in [4.69, 9.17) is 14.6 Å². The van der Waals surface area contributed by atoms with Gasteiger partial charge in [0.25, 0.3) is 11.6 Å². The monoisotopic (exact) mass is 501 g/mol. The number of hydrogen-bond acceptors (Lipinski definition) is 8. The number of furan rings is 1. The number of nitro groups is 1. The number of hydrogen-bond donors (Lipinski definition) is 1. The van der Waals surface area contributed by atoms with Crippen LogP contribution in [0.25, 0.3) is 17.4 Å². The molecule has 0 spiro atoms. The number of amides is 1.